The molecule has 0 unspecified atom stereocenters. The third-order valence-corrected chi connectivity index (χ3v) is 4.67. The Bertz CT molecular complexity index is 1190. The van der Waals surface area contributed by atoms with Crippen molar-refractivity contribution >= 4 is 10.9 Å². The highest BCUT2D eigenvalue weighted by Gasteiger charge is 2.11. The normalized spacial score (nSPS) is 11.3. The number of hydrogen-bond donors (Lipinski definition) is 2. The molecule has 2 N–H and O–H groups in total. The lowest BCUT2D eigenvalue weighted by Gasteiger charge is -2.14. The first-order valence-electron chi connectivity index (χ1n) is 9.43. The highest BCUT2D eigenvalue weighted by atomic mass is 16.5. The summed E-state index contributed by atoms with van der Waals surface area (Å²) in [6, 6.07) is 17.4. The fraction of sp³-hybridized carbons (Fsp3) is 0.217. The number of pyridine rings is 1. The number of hydrogen-bond acceptors (Lipinski definition) is 3. The summed E-state index contributed by atoms with van der Waals surface area (Å²) in [5, 5.41) is 8.33. The molecule has 28 heavy (non-hydrogen) atoms. The molecular weight excluding hydrogens is 350 g/mol. The molecule has 0 saturated carbocycles. The lowest BCUT2D eigenvalue weighted by atomic mass is 10.0. The van der Waals surface area contributed by atoms with Crippen molar-refractivity contribution in [3.8, 4) is 28.1 Å². The quantitative estimate of drug-likeness (QED) is 0.521. The average molecular weight is 373 g/mol. The van der Waals surface area contributed by atoms with E-state index in [2.05, 4.69) is 35.1 Å². The minimum absolute atomic E-state index is 0.143. The van der Waals surface area contributed by atoms with Gasteiger partial charge in [-0.15, -0.1) is 0 Å². The van der Waals surface area contributed by atoms with Crippen LogP contribution < -0.4 is 10.3 Å². The van der Waals surface area contributed by atoms with Crippen molar-refractivity contribution in [1.82, 2.24) is 15.2 Å². The minimum atomic E-state index is -0.143. The van der Waals surface area contributed by atoms with E-state index in [4.69, 9.17) is 4.74 Å². The van der Waals surface area contributed by atoms with Crippen LogP contribution in [0.2, 0.25) is 0 Å². The molecule has 2 aromatic carbocycles. The van der Waals surface area contributed by atoms with Gasteiger partial charge in [0, 0.05) is 22.7 Å². The molecule has 0 aliphatic heterocycles. The molecule has 0 amide bonds. The van der Waals surface area contributed by atoms with E-state index >= 15 is 0 Å². The SMILES string of the molecule is Cc1[nH]nc2ccc(-c3cc(-c4ccccc4OCC(C)C)[nH]c(=O)c3)cc12. The molecule has 0 spiro atoms. The molecule has 0 radical (unpaired) electrons. The van der Waals surface area contributed by atoms with E-state index in [1.807, 2.05) is 49.4 Å². The summed E-state index contributed by atoms with van der Waals surface area (Å²) >= 11 is 0. The second-order valence-electron chi connectivity index (χ2n) is 7.43. The zero-order valence-electron chi connectivity index (χ0n) is 16.2. The van der Waals surface area contributed by atoms with Crippen LogP contribution in [0, 0.1) is 12.8 Å². The lowest BCUT2D eigenvalue weighted by molar-refractivity contribution is 0.272. The maximum absolute atomic E-state index is 12.4. The van der Waals surface area contributed by atoms with Crippen LogP contribution in [0.4, 0.5) is 0 Å². The molecule has 2 aromatic heterocycles. The molecule has 5 heteroatoms. The second kappa shape index (κ2) is 7.35. The van der Waals surface area contributed by atoms with Gasteiger partial charge in [0.05, 0.1) is 17.8 Å². The van der Waals surface area contributed by atoms with Crippen LogP contribution >= 0.6 is 0 Å². The number of benzene rings is 2. The van der Waals surface area contributed by atoms with Gasteiger partial charge in [-0.3, -0.25) is 9.89 Å². The van der Waals surface area contributed by atoms with Gasteiger partial charge in [0.15, 0.2) is 0 Å². The second-order valence-corrected chi connectivity index (χ2v) is 7.43. The lowest BCUT2D eigenvalue weighted by Crippen LogP contribution is -2.08. The summed E-state index contributed by atoms with van der Waals surface area (Å²) in [6.07, 6.45) is 0. The van der Waals surface area contributed by atoms with Crippen molar-refractivity contribution in [2.45, 2.75) is 20.8 Å². The van der Waals surface area contributed by atoms with Gasteiger partial charge in [0.25, 0.3) is 0 Å². The van der Waals surface area contributed by atoms with E-state index in [1.165, 1.54) is 0 Å². The predicted molar refractivity (Wildman–Crippen MR) is 113 cm³/mol. The van der Waals surface area contributed by atoms with Crippen LogP contribution in [0.5, 0.6) is 5.75 Å². The standard InChI is InChI=1S/C23H23N3O2/c1-14(2)13-28-22-7-5-4-6-18(22)21-11-17(12-23(27)24-21)16-8-9-20-19(10-16)15(3)25-26-20/h4-12,14H,13H2,1-3H3,(H,24,27)(H,25,26). The van der Waals surface area contributed by atoms with Crippen LogP contribution in [-0.2, 0) is 0 Å². The molecule has 5 nitrogen and oxygen atoms in total. The smallest absolute Gasteiger partial charge is 0.249 e. The number of fused-ring (bicyclic) bond motifs is 1. The molecule has 0 atom stereocenters. The molecule has 142 valence electrons. The van der Waals surface area contributed by atoms with E-state index in [-0.39, 0.29) is 5.56 Å². The fourth-order valence-corrected chi connectivity index (χ4v) is 3.24. The van der Waals surface area contributed by atoms with Gasteiger partial charge in [0.2, 0.25) is 5.56 Å². The maximum atomic E-state index is 12.4. The highest BCUT2D eigenvalue weighted by molar-refractivity contribution is 5.87. The number of nitrogens with one attached hydrogen (secondary N) is 2. The zero-order chi connectivity index (χ0) is 19.7. The van der Waals surface area contributed by atoms with E-state index < -0.39 is 0 Å². The van der Waals surface area contributed by atoms with Crippen molar-refractivity contribution in [3.05, 3.63) is 70.6 Å². The van der Waals surface area contributed by atoms with Crippen molar-refractivity contribution < 1.29 is 4.74 Å². The monoisotopic (exact) mass is 373 g/mol. The number of rotatable bonds is 5. The number of aryl methyl sites for hydroxylation is 1. The van der Waals surface area contributed by atoms with E-state index in [0.29, 0.717) is 12.5 Å². The van der Waals surface area contributed by atoms with Gasteiger partial charge in [0.1, 0.15) is 5.75 Å². The Morgan fingerprint density at radius 1 is 1.04 bits per heavy atom. The summed E-state index contributed by atoms with van der Waals surface area (Å²) in [6.45, 7) is 6.83. The molecule has 0 saturated heterocycles. The summed E-state index contributed by atoms with van der Waals surface area (Å²) in [5.41, 5.74) is 5.24. The Morgan fingerprint density at radius 2 is 1.86 bits per heavy atom. The van der Waals surface area contributed by atoms with Crippen LogP contribution in [0.25, 0.3) is 33.3 Å². The molecular formula is C23H23N3O2. The zero-order valence-corrected chi connectivity index (χ0v) is 16.2. The summed E-state index contributed by atoms with van der Waals surface area (Å²) < 4.78 is 5.97. The Balaban J connectivity index is 1.79. The van der Waals surface area contributed by atoms with Gasteiger partial charge in [-0.05, 0) is 54.3 Å². The van der Waals surface area contributed by atoms with Crippen molar-refractivity contribution in [1.29, 1.82) is 0 Å². The molecule has 0 aliphatic carbocycles. The van der Waals surface area contributed by atoms with Gasteiger partial charge in [-0.1, -0.05) is 32.0 Å². The van der Waals surface area contributed by atoms with Gasteiger partial charge in [-0.25, -0.2) is 0 Å². The van der Waals surface area contributed by atoms with Crippen LogP contribution in [0.3, 0.4) is 0 Å². The van der Waals surface area contributed by atoms with E-state index in [9.17, 15) is 4.79 Å². The molecule has 0 fully saturated rings. The summed E-state index contributed by atoms with van der Waals surface area (Å²) in [5.74, 6) is 1.19. The first-order valence-corrected chi connectivity index (χ1v) is 9.43. The Morgan fingerprint density at radius 3 is 2.68 bits per heavy atom. The number of H-pyrrole nitrogens is 2. The van der Waals surface area contributed by atoms with Crippen molar-refractivity contribution in [2.24, 2.45) is 5.92 Å². The molecule has 4 aromatic rings. The van der Waals surface area contributed by atoms with E-state index in [0.717, 1.165) is 44.7 Å². The number of aromatic amines is 2. The first kappa shape index (κ1) is 18.0. The number of ether oxygens (including phenoxy) is 1. The van der Waals surface area contributed by atoms with Gasteiger partial charge < -0.3 is 9.72 Å². The third-order valence-electron chi connectivity index (χ3n) is 4.67. The Hall–Kier alpha value is -3.34. The minimum Gasteiger partial charge on any atom is -0.493 e. The molecule has 2 heterocycles. The predicted octanol–water partition coefficient (Wildman–Crippen LogP) is 4.93. The summed E-state index contributed by atoms with van der Waals surface area (Å²) in [4.78, 5) is 15.4. The van der Waals surface area contributed by atoms with Crippen LogP contribution in [-0.4, -0.2) is 21.8 Å². The van der Waals surface area contributed by atoms with Crippen LogP contribution in [0.1, 0.15) is 19.5 Å². The Labute approximate surface area is 163 Å². The average Bonchev–Trinajstić information content (AvgIpc) is 3.06. The molecule has 0 aliphatic rings. The maximum Gasteiger partial charge on any atom is 0.249 e. The molecule has 4 rings (SSSR count). The van der Waals surface area contributed by atoms with Gasteiger partial charge >= 0.3 is 0 Å². The number of nitrogens with zero attached hydrogens (tertiary/aromatic N) is 1. The largest absolute Gasteiger partial charge is 0.493 e. The topological polar surface area (TPSA) is 70.8 Å². The number of para-hydroxylation sites is 1. The van der Waals surface area contributed by atoms with Gasteiger partial charge in [-0.2, -0.15) is 5.10 Å². The van der Waals surface area contributed by atoms with Crippen LogP contribution in [0.15, 0.2) is 59.4 Å². The van der Waals surface area contributed by atoms with Crippen molar-refractivity contribution in [2.75, 3.05) is 6.61 Å². The Kier molecular flexibility index (Phi) is 4.74. The fourth-order valence-electron chi connectivity index (χ4n) is 3.24. The molecule has 0 bridgehead atoms. The highest BCUT2D eigenvalue weighted by Crippen LogP contribution is 2.31. The summed E-state index contributed by atoms with van der Waals surface area (Å²) in [7, 11) is 0. The van der Waals surface area contributed by atoms with Crippen molar-refractivity contribution in [3.63, 3.8) is 0 Å². The van der Waals surface area contributed by atoms with E-state index in [1.54, 1.807) is 6.07 Å². The first-order chi connectivity index (χ1) is 13.5. The number of aromatic nitrogens is 3. The third kappa shape index (κ3) is 3.56.